The maximum Gasteiger partial charge on any atom is 0.191 e. The van der Waals surface area contributed by atoms with E-state index in [2.05, 4.69) is 33.9 Å². The molecule has 0 aromatic carbocycles. The van der Waals surface area contributed by atoms with Gasteiger partial charge in [0.2, 0.25) is 0 Å². The number of carbonyl (C=O) groups excluding carboxylic acids is 1. The summed E-state index contributed by atoms with van der Waals surface area (Å²) in [7, 11) is -1.72. The lowest BCUT2D eigenvalue weighted by Gasteiger charge is -2.36. The molecule has 0 aromatic rings. The molecule has 4 heteroatoms. The minimum atomic E-state index is -1.72. The standard InChI is InChI=1S/C13H26O3Si/c1-11(10-14)9-12(15)7-8-16-17(5,6)13(2,3)4/h9-10,12,15H,7-8H2,1-6H3/b11-9+/t12-/m0/s1. The van der Waals surface area contributed by atoms with Crippen LogP contribution in [0.15, 0.2) is 11.6 Å². The van der Waals surface area contributed by atoms with Crippen LogP contribution in [0.5, 0.6) is 0 Å². The first-order chi connectivity index (χ1) is 7.60. The summed E-state index contributed by atoms with van der Waals surface area (Å²) in [5.74, 6) is 0. The highest BCUT2D eigenvalue weighted by atomic mass is 28.4. The highest BCUT2D eigenvalue weighted by molar-refractivity contribution is 6.74. The van der Waals surface area contributed by atoms with Crippen molar-refractivity contribution in [2.75, 3.05) is 6.61 Å². The number of rotatable bonds is 6. The van der Waals surface area contributed by atoms with Crippen molar-refractivity contribution in [1.29, 1.82) is 0 Å². The Morgan fingerprint density at radius 3 is 2.35 bits per heavy atom. The molecule has 0 aromatic heterocycles. The third-order valence-corrected chi connectivity index (χ3v) is 7.86. The van der Waals surface area contributed by atoms with E-state index >= 15 is 0 Å². The lowest BCUT2D eigenvalue weighted by Crippen LogP contribution is -2.41. The Morgan fingerprint density at radius 1 is 1.41 bits per heavy atom. The van der Waals surface area contributed by atoms with E-state index in [-0.39, 0.29) is 5.04 Å². The number of hydrogen-bond donors (Lipinski definition) is 1. The molecule has 0 saturated heterocycles. The zero-order valence-electron chi connectivity index (χ0n) is 11.9. The Bertz CT molecular complexity index is 277. The van der Waals surface area contributed by atoms with Crippen LogP contribution in [0.2, 0.25) is 18.1 Å². The van der Waals surface area contributed by atoms with Crippen molar-refractivity contribution >= 4 is 14.6 Å². The molecule has 0 spiro atoms. The average Bonchev–Trinajstić information content (AvgIpc) is 2.15. The predicted octanol–water partition coefficient (Wildman–Crippen LogP) is 2.90. The molecule has 1 atom stereocenters. The summed E-state index contributed by atoms with van der Waals surface area (Å²) < 4.78 is 5.94. The minimum Gasteiger partial charge on any atom is -0.417 e. The Balaban J connectivity index is 4.12. The molecule has 0 aliphatic heterocycles. The molecule has 0 heterocycles. The molecule has 0 saturated carbocycles. The van der Waals surface area contributed by atoms with Crippen LogP contribution in [-0.2, 0) is 9.22 Å². The molecule has 17 heavy (non-hydrogen) atoms. The Morgan fingerprint density at radius 2 is 1.94 bits per heavy atom. The van der Waals surface area contributed by atoms with E-state index in [1.165, 1.54) is 0 Å². The Hall–Kier alpha value is -0.453. The van der Waals surface area contributed by atoms with Crippen LogP contribution >= 0.6 is 0 Å². The van der Waals surface area contributed by atoms with Crippen LogP contribution in [0, 0.1) is 0 Å². The molecule has 0 unspecified atom stereocenters. The van der Waals surface area contributed by atoms with Crippen LogP contribution in [0.25, 0.3) is 0 Å². The van der Waals surface area contributed by atoms with Gasteiger partial charge in [0.15, 0.2) is 8.32 Å². The number of aliphatic hydroxyl groups is 1. The van der Waals surface area contributed by atoms with Gasteiger partial charge in [0.1, 0.15) is 6.29 Å². The van der Waals surface area contributed by atoms with Gasteiger partial charge in [-0.25, -0.2) is 0 Å². The first kappa shape index (κ1) is 16.5. The van der Waals surface area contributed by atoms with Gasteiger partial charge in [-0.05, 0) is 43.1 Å². The van der Waals surface area contributed by atoms with E-state index in [0.717, 1.165) is 6.29 Å². The number of aliphatic hydroxyl groups excluding tert-OH is 1. The first-order valence-electron chi connectivity index (χ1n) is 6.06. The molecule has 0 amide bonds. The molecule has 0 fully saturated rings. The van der Waals surface area contributed by atoms with Crippen LogP contribution in [0.1, 0.15) is 34.1 Å². The van der Waals surface area contributed by atoms with Gasteiger partial charge in [0, 0.05) is 6.61 Å². The lowest BCUT2D eigenvalue weighted by atomic mass is 10.2. The zero-order valence-corrected chi connectivity index (χ0v) is 12.9. The average molecular weight is 258 g/mol. The molecule has 3 nitrogen and oxygen atoms in total. The van der Waals surface area contributed by atoms with E-state index in [1.54, 1.807) is 13.0 Å². The lowest BCUT2D eigenvalue weighted by molar-refractivity contribution is -0.104. The quantitative estimate of drug-likeness (QED) is 0.453. The summed E-state index contributed by atoms with van der Waals surface area (Å²) >= 11 is 0. The number of allylic oxidation sites excluding steroid dienone is 1. The second kappa shape index (κ2) is 6.47. The Labute approximate surface area is 106 Å². The SMILES string of the molecule is C/C(C=O)=C\[C@@H](O)CCO[Si](C)(C)C(C)(C)C. The third-order valence-electron chi connectivity index (χ3n) is 3.32. The minimum absolute atomic E-state index is 0.187. The van der Waals surface area contributed by atoms with Gasteiger partial charge in [-0.2, -0.15) is 0 Å². The van der Waals surface area contributed by atoms with E-state index in [1.807, 2.05) is 0 Å². The fourth-order valence-corrected chi connectivity index (χ4v) is 2.14. The summed E-state index contributed by atoms with van der Waals surface area (Å²) in [6, 6.07) is 0. The van der Waals surface area contributed by atoms with Gasteiger partial charge >= 0.3 is 0 Å². The summed E-state index contributed by atoms with van der Waals surface area (Å²) in [5, 5.41) is 9.84. The summed E-state index contributed by atoms with van der Waals surface area (Å²) in [6.45, 7) is 13.2. The molecule has 100 valence electrons. The zero-order chi connectivity index (χ0) is 13.7. The molecule has 0 bridgehead atoms. The topological polar surface area (TPSA) is 46.5 Å². The summed E-state index contributed by atoms with van der Waals surface area (Å²) in [6.07, 6.45) is 2.27. The van der Waals surface area contributed by atoms with Crippen molar-refractivity contribution < 1.29 is 14.3 Å². The normalized spacial score (nSPS) is 15.8. The van der Waals surface area contributed by atoms with Crippen LogP contribution in [-0.4, -0.2) is 32.4 Å². The van der Waals surface area contributed by atoms with Crippen LogP contribution in [0.3, 0.4) is 0 Å². The van der Waals surface area contributed by atoms with Gasteiger partial charge in [0.25, 0.3) is 0 Å². The van der Waals surface area contributed by atoms with Crippen molar-refractivity contribution in [3.63, 3.8) is 0 Å². The van der Waals surface area contributed by atoms with Crippen molar-refractivity contribution in [2.24, 2.45) is 0 Å². The maximum absolute atomic E-state index is 10.4. The molecule has 0 aliphatic carbocycles. The third kappa shape index (κ3) is 6.15. The van der Waals surface area contributed by atoms with Gasteiger partial charge in [-0.3, -0.25) is 4.79 Å². The second-order valence-corrected chi connectivity index (χ2v) is 10.8. The number of aldehydes is 1. The van der Waals surface area contributed by atoms with E-state index in [9.17, 15) is 9.90 Å². The fraction of sp³-hybridized carbons (Fsp3) is 0.769. The van der Waals surface area contributed by atoms with Crippen LogP contribution in [0.4, 0.5) is 0 Å². The number of hydrogen-bond acceptors (Lipinski definition) is 3. The predicted molar refractivity (Wildman–Crippen MR) is 73.6 cm³/mol. The van der Waals surface area contributed by atoms with Crippen molar-refractivity contribution in [1.82, 2.24) is 0 Å². The van der Waals surface area contributed by atoms with E-state index < -0.39 is 14.4 Å². The number of carbonyl (C=O) groups is 1. The molecule has 0 radical (unpaired) electrons. The molecular weight excluding hydrogens is 232 g/mol. The monoisotopic (exact) mass is 258 g/mol. The fourth-order valence-electron chi connectivity index (χ4n) is 1.08. The summed E-state index contributed by atoms with van der Waals surface area (Å²) in [5.41, 5.74) is 0.560. The molecular formula is C13H26O3Si. The largest absolute Gasteiger partial charge is 0.417 e. The smallest absolute Gasteiger partial charge is 0.191 e. The van der Waals surface area contributed by atoms with E-state index in [0.29, 0.717) is 18.6 Å². The van der Waals surface area contributed by atoms with Gasteiger partial charge < -0.3 is 9.53 Å². The Kier molecular flexibility index (Phi) is 6.30. The second-order valence-electron chi connectivity index (χ2n) is 5.99. The van der Waals surface area contributed by atoms with E-state index in [4.69, 9.17) is 4.43 Å². The molecule has 0 aliphatic rings. The van der Waals surface area contributed by atoms with Gasteiger partial charge in [-0.1, -0.05) is 20.8 Å². The highest BCUT2D eigenvalue weighted by Gasteiger charge is 2.36. The van der Waals surface area contributed by atoms with Crippen molar-refractivity contribution in [3.05, 3.63) is 11.6 Å². The summed E-state index contributed by atoms with van der Waals surface area (Å²) in [4.78, 5) is 10.4. The highest BCUT2D eigenvalue weighted by Crippen LogP contribution is 2.36. The van der Waals surface area contributed by atoms with Gasteiger partial charge in [0.05, 0.1) is 6.10 Å². The first-order valence-corrected chi connectivity index (χ1v) is 8.96. The maximum atomic E-state index is 10.4. The van der Waals surface area contributed by atoms with Crippen molar-refractivity contribution in [2.45, 2.75) is 58.4 Å². The van der Waals surface area contributed by atoms with Crippen LogP contribution < -0.4 is 0 Å². The molecule has 1 N–H and O–H groups in total. The molecule has 0 rings (SSSR count). The van der Waals surface area contributed by atoms with Crippen molar-refractivity contribution in [3.8, 4) is 0 Å². The van der Waals surface area contributed by atoms with Gasteiger partial charge in [-0.15, -0.1) is 0 Å².